The first-order valence-electron chi connectivity index (χ1n) is 10.7. The molecular weight excluding hydrogens is 527 g/mol. The first-order valence-corrected chi connectivity index (χ1v) is 12.6. The maximum absolute atomic E-state index is 12.5. The SMILES string of the molecule is Cc1ccc(S(C)(=O)=O)cc1-c1cnc2c(N)nc(-c3cccc(OC(C#N)OC(=O)C(F)(F)F)c3)cn12. The van der Waals surface area contributed by atoms with Crippen LogP contribution in [-0.4, -0.2) is 47.5 Å². The number of carbonyl (C=O) groups is 1. The summed E-state index contributed by atoms with van der Waals surface area (Å²) in [6, 6.07) is 11.9. The normalized spacial score (nSPS) is 12.6. The highest BCUT2D eigenvalue weighted by molar-refractivity contribution is 7.90. The molecule has 4 aromatic rings. The van der Waals surface area contributed by atoms with Gasteiger partial charge in [0.25, 0.3) is 0 Å². The number of aryl methyl sites for hydroxylation is 1. The highest BCUT2D eigenvalue weighted by atomic mass is 32.2. The van der Waals surface area contributed by atoms with E-state index in [1.54, 1.807) is 22.7 Å². The number of alkyl halides is 3. The molecule has 10 nitrogen and oxygen atoms in total. The molecule has 0 aliphatic rings. The summed E-state index contributed by atoms with van der Waals surface area (Å²) >= 11 is 0. The quantitative estimate of drug-likeness (QED) is 0.283. The second-order valence-corrected chi connectivity index (χ2v) is 10.1. The maximum Gasteiger partial charge on any atom is 0.491 e. The summed E-state index contributed by atoms with van der Waals surface area (Å²) in [5, 5.41) is 9.05. The van der Waals surface area contributed by atoms with Crippen LogP contribution >= 0.6 is 0 Å². The zero-order valence-electron chi connectivity index (χ0n) is 19.7. The van der Waals surface area contributed by atoms with Crippen molar-refractivity contribution in [3.63, 3.8) is 0 Å². The Bertz CT molecular complexity index is 1710. The average Bonchev–Trinajstić information content (AvgIpc) is 3.27. The number of rotatable bonds is 6. The van der Waals surface area contributed by atoms with Crippen LogP contribution in [0.5, 0.6) is 5.75 Å². The molecule has 2 aromatic heterocycles. The van der Waals surface area contributed by atoms with Crippen LogP contribution in [0.1, 0.15) is 5.56 Å². The smallest absolute Gasteiger partial charge is 0.443 e. The third-order valence-electron chi connectivity index (χ3n) is 5.36. The summed E-state index contributed by atoms with van der Waals surface area (Å²) in [5.41, 5.74) is 9.05. The van der Waals surface area contributed by atoms with Gasteiger partial charge in [0, 0.05) is 23.6 Å². The molecular formula is C24H18F3N5O5S. The predicted molar refractivity (Wildman–Crippen MR) is 128 cm³/mol. The van der Waals surface area contributed by atoms with Crippen LogP contribution in [0.3, 0.4) is 0 Å². The Balaban J connectivity index is 1.73. The van der Waals surface area contributed by atoms with Crippen molar-refractivity contribution in [2.75, 3.05) is 12.0 Å². The van der Waals surface area contributed by atoms with Crippen LogP contribution in [0.4, 0.5) is 19.0 Å². The topological polar surface area (TPSA) is 150 Å². The van der Waals surface area contributed by atoms with E-state index >= 15 is 0 Å². The van der Waals surface area contributed by atoms with E-state index in [2.05, 4.69) is 14.7 Å². The molecule has 14 heteroatoms. The first kappa shape index (κ1) is 26.4. The van der Waals surface area contributed by atoms with Crippen molar-refractivity contribution in [2.45, 2.75) is 24.3 Å². The van der Waals surface area contributed by atoms with Crippen molar-refractivity contribution in [3.05, 3.63) is 60.4 Å². The number of aromatic nitrogens is 3. The van der Waals surface area contributed by atoms with Crippen molar-refractivity contribution in [1.29, 1.82) is 5.26 Å². The van der Waals surface area contributed by atoms with Gasteiger partial charge in [0.15, 0.2) is 27.4 Å². The van der Waals surface area contributed by atoms with Crippen LogP contribution in [0, 0.1) is 18.3 Å². The van der Waals surface area contributed by atoms with Gasteiger partial charge in [-0.15, -0.1) is 0 Å². The number of esters is 1. The van der Waals surface area contributed by atoms with Crippen molar-refractivity contribution >= 4 is 27.3 Å². The van der Waals surface area contributed by atoms with E-state index in [-0.39, 0.29) is 16.5 Å². The molecule has 2 heterocycles. The number of hydrogen-bond donors (Lipinski definition) is 1. The van der Waals surface area contributed by atoms with Crippen LogP contribution in [0.25, 0.3) is 28.2 Å². The third kappa shape index (κ3) is 5.37. The largest absolute Gasteiger partial charge is 0.491 e. The molecule has 0 bridgehead atoms. The number of nitrogens with zero attached hydrogens (tertiary/aromatic N) is 4. The molecule has 0 radical (unpaired) electrons. The lowest BCUT2D eigenvalue weighted by Crippen LogP contribution is -2.32. The molecule has 0 fully saturated rings. The van der Waals surface area contributed by atoms with E-state index in [0.29, 0.717) is 28.2 Å². The number of ether oxygens (including phenoxy) is 2. The zero-order valence-corrected chi connectivity index (χ0v) is 20.5. The summed E-state index contributed by atoms with van der Waals surface area (Å²) in [6.45, 7) is 1.81. The Kier molecular flexibility index (Phi) is 6.73. The fourth-order valence-corrected chi connectivity index (χ4v) is 4.20. The third-order valence-corrected chi connectivity index (χ3v) is 6.47. The minimum absolute atomic E-state index is 0.0472. The average molecular weight is 545 g/mol. The number of nitrogen functional groups attached to an aromatic ring is 1. The van der Waals surface area contributed by atoms with Gasteiger partial charge >= 0.3 is 18.4 Å². The van der Waals surface area contributed by atoms with Crippen LogP contribution in [0.15, 0.2) is 59.8 Å². The molecule has 0 spiro atoms. The van der Waals surface area contributed by atoms with Gasteiger partial charge in [0.2, 0.25) is 0 Å². The second-order valence-electron chi connectivity index (χ2n) is 8.11. The number of imidazole rings is 1. The number of nitriles is 1. The van der Waals surface area contributed by atoms with E-state index in [4.69, 9.17) is 15.7 Å². The van der Waals surface area contributed by atoms with E-state index in [1.165, 1.54) is 42.6 Å². The molecule has 0 amide bonds. The van der Waals surface area contributed by atoms with Gasteiger partial charge in [0.05, 0.1) is 22.5 Å². The molecule has 196 valence electrons. The van der Waals surface area contributed by atoms with Crippen LogP contribution < -0.4 is 10.5 Å². The van der Waals surface area contributed by atoms with Crippen molar-refractivity contribution in [3.8, 4) is 34.3 Å². The van der Waals surface area contributed by atoms with Crippen molar-refractivity contribution in [2.24, 2.45) is 0 Å². The molecule has 0 saturated carbocycles. The summed E-state index contributed by atoms with van der Waals surface area (Å²) < 4.78 is 72.4. The van der Waals surface area contributed by atoms with Gasteiger partial charge in [-0.3, -0.25) is 4.40 Å². The number of nitrogens with two attached hydrogens (primary N) is 1. The van der Waals surface area contributed by atoms with Gasteiger partial charge in [-0.2, -0.15) is 18.4 Å². The van der Waals surface area contributed by atoms with Gasteiger partial charge in [0.1, 0.15) is 5.75 Å². The molecule has 1 atom stereocenters. The van der Waals surface area contributed by atoms with Crippen molar-refractivity contribution in [1.82, 2.24) is 14.4 Å². The van der Waals surface area contributed by atoms with Gasteiger partial charge in [-0.1, -0.05) is 18.2 Å². The first-order chi connectivity index (χ1) is 17.8. The van der Waals surface area contributed by atoms with Gasteiger partial charge < -0.3 is 15.2 Å². The lowest BCUT2D eigenvalue weighted by atomic mass is 10.1. The Morgan fingerprint density at radius 2 is 1.95 bits per heavy atom. The molecule has 4 rings (SSSR count). The summed E-state index contributed by atoms with van der Waals surface area (Å²) in [4.78, 5) is 19.8. The Labute approximate surface area is 214 Å². The number of hydrogen-bond acceptors (Lipinski definition) is 9. The minimum atomic E-state index is -5.29. The maximum atomic E-state index is 12.5. The summed E-state index contributed by atoms with van der Waals surface area (Å²) in [6.07, 6.45) is -3.22. The summed E-state index contributed by atoms with van der Waals surface area (Å²) in [7, 11) is -3.48. The molecule has 0 aliphatic carbocycles. The lowest BCUT2D eigenvalue weighted by molar-refractivity contribution is -0.211. The summed E-state index contributed by atoms with van der Waals surface area (Å²) in [5.74, 6) is -2.60. The Morgan fingerprint density at radius 3 is 2.61 bits per heavy atom. The fraction of sp³-hybridized carbons (Fsp3) is 0.167. The van der Waals surface area contributed by atoms with E-state index in [1.807, 2.05) is 6.92 Å². The number of fused-ring (bicyclic) bond motifs is 1. The highest BCUT2D eigenvalue weighted by Crippen LogP contribution is 2.31. The standard InChI is InChI=1S/C24H18F3N5O5S/c1-13-6-7-16(38(2,34)35)9-17(13)19-11-30-22-21(29)31-18(12-32(19)22)14-4-3-5-15(8-14)36-20(10-28)37-23(33)24(25,26)27/h3-9,11-12,20H,1-2H3,(H2,29,31). The van der Waals surface area contributed by atoms with Crippen LogP contribution in [-0.2, 0) is 19.4 Å². The number of benzene rings is 2. The van der Waals surface area contributed by atoms with Gasteiger partial charge in [-0.25, -0.2) is 23.2 Å². The molecule has 2 N–H and O–H groups in total. The lowest BCUT2D eigenvalue weighted by Gasteiger charge is -2.15. The number of halogens is 3. The number of sulfone groups is 1. The molecule has 38 heavy (non-hydrogen) atoms. The van der Waals surface area contributed by atoms with Crippen molar-refractivity contribution < 1.29 is 35.9 Å². The Morgan fingerprint density at radius 1 is 1.21 bits per heavy atom. The predicted octanol–water partition coefficient (Wildman–Crippen LogP) is 3.69. The van der Waals surface area contributed by atoms with Crippen LogP contribution in [0.2, 0.25) is 0 Å². The molecule has 1 unspecified atom stereocenters. The molecule has 2 aromatic carbocycles. The van der Waals surface area contributed by atoms with Gasteiger partial charge in [-0.05, 0) is 36.8 Å². The molecule has 0 aliphatic heterocycles. The Hall–Kier alpha value is -4.64. The van der Waals surface area contributed by atoms with E-state index < -0.39 is 28.3 Å². The highest BCUT2D eigenvalue weighted by Gasteiger charge is 2.42. The zero-order chi connectivity index (χ0) is 27.8. The number of carbonyl (C=O) groups excluding carboxylic acids is 1. The monoisotopic (exact) mass is 545 g/mol. The minimum Gasteiger partial charge on any atom is -0.443 e. The fourth-order valence-electron chi connectivity index (χ4n) is 3.55. The van der Waals surface area contributed by atoms with E-state index in [0.717, 1.165) is 11.8 Å². The second kappa shape index (κ2) is 9.67. The van der Waals surface area contributed by atoms with E-state index in [9.17, 15) is 26.4 Å². The molecule has 0 saturated heterocycles. The number of anilines is 1.